The molecule has 0 N–H and O–H groups in total. The fourth-order valence-electron chi connectivity index (χ4n) is 7.93. The molecule has 0 radical (unpaired) electrons. The second-order valence-electron chi connectivity index (χ2n) is 13.4. The first kappa shape index (κ1) is 26.7. The summed E-state index contributed by atoms with van der Waals surface area (Å²) in [5.74, 6) is 1.45. The molecule has 1 fully saturated rings. The van der Waals surface area contributed by atoms with Crippen LogP contribution in [0.3, 0.4) is 0 Å². The van der Waals surface area contributed by atoms with Crippen LogP contribution < -0.4 is 24.3 Å². The van der Waals surface area contributed by atoms with Gasteiger partial charge in [-0.15, -0.1) is 0 Å². The van der Waals surface area contributed by atoms with Crippen molar-refractivity contribution >= 4 is 31.0 Å². The first-order valence-electron chi connectivity index (χ1n) is 15.8. The molecule has 6 heteroatoms. The van der Waals surface area contributed by atoms with Crippen molar-refractivity contribution in [2.75, 3.05) is 19.6 Å². The summed E-state index contributed by atoms with van der Waals surface area (Å²) in [5.41, 5.74) is 6.83. The summed E-state index contributed by atoms with van der Waals surface area (Å²) >= 11 is -0.662. The zero-order chi connectivity index (χ0) is 29.8. The number of rotatable bonds is 0. The zero-order valence-electron chi connectivity index (χ0n) is 25.6. The van der Waals surface area contributed by atoms with Crippen LogP contribution in [0.5, 0.6) is 11.5 Å². The molecule has 44 heavy (non-hydrogen) atoms. The van der Waals surface area contributed by atoms with Gasteiger partial charge in [-0.05, 0) is 0 Å². The maximum absolute atomic E-state index is 6.51. The minimum atomic E-state index is -0.662. The summed E-state index contributed by atoms with van der Waals surface area (Å²) in [4.78, 5) is 10.9. The Kier molecular flexibility index (Phi) is 5.71. The van der Waals surface area contributed by atoms with Gasteiger partial charge in [-0.3, -0.25) is 0 Å². The van der Waals surface area contributed by atoms with Crippen molar-refractivity contribution in [1.82, 2.24) is 0 Å². The molecule has 9 rings (SSSR count). The van der Waals surface area contributed by atoms with E-state index >= 15 is 0 Å². The Morgan fingerprint density at radius 3 is 1.48 bits per heavy atom. The quantitative estimate of drug-likeness (QED) is 0.170. The van der Waals surface area contributed by atoms with E-state index in [9.17, 15) is 0 Å². The minimum absolute atomic E-state index is 0.360. The molecule has 4 aliphatic heterocycles. The number of ether oxygens (including phenoxy) is 1. The molecule has 0 amide bonds. The molecule has 6 bridgehead atoms. The molecular formula is C38H36N4OPt-2. The number of fused-ring (bicyclic) bond motifs is 13. The third-order valence-electron chi connectivity index (χ3n) is 10.2. The van der Waals surface area contributed by atoms with Crippen molar-refractivity contribution < 1.29 is 22.4 Å². The van der Waals surface area contributed by atoms with Crippen LogP contribution in [0.15, 0.2) is 84.9 Å². The molecular weight excluding hydrogens is 724 g/mol. The van der Waals surface area contributed by atoms with E-state index in [0.717, 1.165) is 22.6 Å². The first-order valence-corrected chi connectivity index (χ1v) is 18.0. The Balaban J connectivity index is 1.42. The fraction of sp³-hybridized carbons (Fsp3) is 0.316. The van der Waals surface area contributed by atoms with E-state index in [0.29, 0.717) is 12.1 Å². The molecule has 0 spiro atoms. The predicted octanol–water partition coefficient (Wildman–Crippen LogP) is 7.80. The van der Waals surface area contributed by atoms with Gasteiger partial charge in [0.1, 0.15) is 0 Å². The third kappa shape index (κ3) is 3.62. The number of hydrogen-bond acceptors (Lipinski definition) is 5. The molecule has 4 aromatic rings. The van der Waals surface area contributed by atoms with Crippen LogP contribution in [-0.4, -0.2) is 20.4 Å². The Morgan fingerprint density at radius 2 is 1.02 bits per heavy atom. The number of anilines is 4. The van der Waals surface area contributed by atoms with Gasteiger partial charge >= 0.3 is 269 Å². The van der Waals surface area contributed by atoms with E-state index in [-0.39, 0.29) is 11.1 Å². The van der Waals surface area contributed by atoms with Crippen LogP contribution >= 0.6 is 0 Å². The number of nitrogens with zero attached hydrogens (tertiary/aromatic N) is 4. The van der Waals surface area contributed by atoms with Crippen LogP contribution in [0, 0.1) is 12.1 Å². The van der Waals surface area contributed by atoms with E-state index in [1.807, 2.05) is 12.1 Å². The van der Waals surface area contributed by atoms with Crippen molar-refractivity contribution in [3.05, 3.63) is 108 Å². The average molecular weight is 760 g/mol. The van der Waals surface area contributed by atoms with E-state index in [4.69, 9.17) is 4.74 Å². The standard InChI is InChI=1S/C38H36N4O.Pt/c1-37(2)27-13-11-15-29(23-27)43-30-16-12-14-28(24-30)38(3,4)42-26-40(34-20-8-10-22-36(34)42)32-18-6-5-17-31(32)39-25-41(37)35-21-9-7-19-33(35)39;/h7-16,19-22,31-32H,5-6,17-18H2,1-4H3;/q-2;. The van der Waals surface area contributed by atoms with Gasteiger partial charge < -0.3 is 0 Å². The van der Waals surface area contributed by atoms with Gasteiger partial charge in [-0.25, -0.2) is 0 Å². The zero-order valence-corrected chi connectivity index (χ0v) is 27.9. The molecule has 4 heterocycles. The Hall–Kier alpha value is -3.69. The number of hydrogen-bond donors (Lipinski definition) is 0. The summed E-state index contributed by atoms with van der Waals surface area (Å²) in [6.07, 6.45) is 4.93. The molecule has 1 saturated carbocycles. The Labute approximate surface area is 268 Å². The van der Waals surface area contributed by atoms with Gasteiger partial charge in [0.2, 0.25) is 0 Å². The molecule has 2 unspecified atom stereocenters. The topological polar surface area (TPSA) is 22.2 Å². The molecule has 1 aliphatic carbocycles. The van der Waals surface area contributed by atoms with Crippen molar-refractivity contribution in [3.8, 4) is 11.5 Å². The van der Waals surface area contributed by atoms with Crippen molar-refractivity contribution in [2.45, 2.75) is 76.5 Å². The predicted molar refractivity (Wildman–Crippen MR) is 176 cm³/mol. The summed E-state index contributed by atoms with van der Waals surface area (Å²) in [6, 6.07) is 39.1. The molecule has 5 nitrogen and oxygen atoms in total. The van der Waals surface area contributed by atoms with Crippen molar-refractivity contribution in [3.63, 3.8) is 0 Å². The summed E-state index contributed by atoms with van der Waals surface area (Å²) in [6.45, 7) is 9.43. The van der Waals surface area contributed by atoms with Crippen LogP contribution in [0.25, 0.3) is 0 Å². The van der Waals surface area contributed by atoms with E-state index < -0.39 is 17.6 Å². The van der Waals surface area contributed by atoms with Gasteiger partial charge in [0.25, 0.3) is 0 Å². The molecule has 4 aromatic carbocycles. The first-order chi connectivity index (χ1) is 21.3. The van der Waals surface area contributed by atoms with Crippen LogP contribution in [0.2, 0.25) is 0 Å². The number of para-hydroxylation sites is 4. The fourth-order valence-corrected chi connectivity index (χ4v) is 12.6. The summed E-state index contributed by atoms with van der Waals surface area (Å²) in [7, 11) is 0. The Morgan fingerprint density at radius 1 is 0.591 bits per heavy atom. The molecule has 0 aromatic heterocycles. The van der Waals surface area contributed by atoms with E-state index in [2.05, 4.69) is 132 Å². The van der Waals surface area contributed by atoms with Crippen LogP contribution in [0.1, 0.15) is 64.5 Å². The number of benzene rings is 4. The van der Waals surface area contributed by atoms with Crippen molar-refractivity contribution in [2.24, 2.45) is 0 Å². The summed E-state index contributed by atoms with van der Waals surface area (Å²) in [5, 5.41) is 0. The summed E-state index contributed by atoms with van der Waals surface area (Å²) < 4.78 is 9.44. The maximum atomic E-state index is 6.51. The third-order valence-corrected chi connectivity index (χ3v) is 13.3. The van der Waals surface area contributed by atoms with E-state index in [1.165, 1.54) is 56.7 Å². The molecule has 0 saturated heterocycles. The monoisotopic (exact) mass is 759 g/mol. The average Bonchev–Trinajstić information content (AvgIpc) is 3.49. The normalized spacial score (nSPS) is 23.9. The molecule has 2 atom stereocenters. The van der Waals surface area contributed by atoms with Gasteiger partial charge in [-0.2, -0.15) is 0 Å². The Bertz CT molecular complexity index is 1770. The SMILES string of the molecule is CC1(C)c2[c-]c(ccc2)Oc2[c-]c(ccc2)C(C)(C)N2[C]3=[Pt]=[C]4N(c5ccccc5N41)C1CCCCC1N3c1ccccc12. The molecule has 226 valence electrons. The van der Waals surface area contributed by atoms with Gasteiger partial charge in [-0.1, -0.05) is 0 Å². The second-order valence-corrected chi connectivity index (χ2v) is 16.0. The van der Waals surface area contributed by atoms with Crippen LogP contribution in [-0.2, 0) is 28.7 Å². The van der Waals surface area contributed by atoms with Crippen LogP contribution in [0.4, 0.5) is 22.7 Å². The van der Waals surface area contributed by atoms with Gasteiger partial charge in [0, 0.05) is 0 Å². The van der Waals surface area contributed by atoms with E-state index in [1.54, 1.807) is 0 Å². The van der Waals surface area contributed by atoms with Gasteiger partial charge in [0.05, 0.1) is 0 Å². The van der Waals surface area contributed by atoms with Crippen molar-refractivity contribution in [1.29, 1.82) is 0 Å². The van der Waals surface area contributed by atoms with Gasteiger partial charge in [0.15, 0.2) is 0 Å². The molecule has 5 aliphatic rings. The second kappa shape index (κ2) is 9.41.